The Morgan fingerprint density at radius 3 is 2.27 bits per heavy atom. The average Bonchev–Trinajstić information content (AvgIpc) is 3.87. The number of fused-ring (bicyclic) bond motifs is 11. The summed E-state index contributed by atoms with van der Waals surface area (Å²) in [6.07, 6.45) is 3.25. The second-order valence-corrected chi connectivity index (χ2v) is 40.2. The summed E-state index contributed by atoms with van der Waals surface area (Å²) in [6.45, 7) is -1.83. The number of carboxylic acids is 1. The number of carboxylic acid groups (broad SMARTS) is 1. The van der Waals surface area contributed by atoms with Gasteiger partial charge in [0, 0.05) is 0 Å². The number of Topliss-reactive ketones (excluding diaryl/α,β-unsaturated/α-hetero) is 1. The number of aromatic nitrogens is 1. The summed E-state index contributed by atoms with van der Waals surface area (Å²) in [6, 6.07) is 2.76. The molecule has 11 aliphatic heterocycles. The van der Waals surface area contributed by atoms with E-state index in [4.69, 9.17) is 0 Å². The third-order valence-electron chi connectivity index (χ3n) is 20.2. The number of hydrogen-bond acceptors (Lipinski definition) is 5. The van der Waals surface area contributed by atoms with Crippen molar-refractivity contribution in [3.05, 3.63) is 39.9 Å². The molecule has 9 heteroatoms. The van der Waals surface area contributed by atoms with Gasteiger partial charge in [-0.05, 0) is 0 Å². The zero-order chi connectivity index (χ0) is 24.3. The fourth-order valence-corrected chi connectivity index (χ4v) is 94.7. The summed E-state index contributed by atoms with van der Waals surface area (Å²) in [5.74, 6) is -1.32. The van der Waals surface area contributed by atoms with E-state index in [9.17, 15) is 19.5 Å². The average molecular weight is 543 g/mol. The molecule has 2 N–H and O–H groups in total. The number of halogens is 1. The minimum atomic E-state index is -3.65. The summed E-state index contributed by atoms with van der Waals surface area (Å²) < 4.78 is 17.8. The van der Waals surface area contributed by atoms with E-state index in [1.165, 1.54) is 12.3 Å². The van der Waals surface area contributed by atoms with Gasteiger partial charge in [-0.25, -0.2) is 0 Å². The zero-order valence-electron chi connectivity index (χ0n) is 19.9. The Kier molecular flexibility index (Phi) is 1.17. The zero-order valence-corrected chi connectivity index (χ0v) is 21.0. The summed E-state index contributed by atoms with van der Waals surface area (Å²) in [7, 11) is 0. The molecule has 12 aliphatic rings. The third kappa shape index (κ3) is 0.439. The second kappa shape index (κ2) is 2.49. The van der Waals surface area contributed by atoms with Gasteiger partial charge in [0.15, 0.2) is 0 Å². The number of benzene rings is 1. The first-order chi connectivity index (χ1) is 17.6. The van der Waals surface area contributed by atoms with E-state index in [1.807, 2.05) is 9.47 Å². The maximum atomic E-state index is 15.9. The number of piperazine rings is 1. The number of pyridine rings is 1. The molecule has 0 amide bonds. The molecule has 7 nitrogen and oxygen atoms in total. The molecule has 0 radical (unpaired) electrons. The van der Waals surface area contributed by atoms with E-state index in [-0.39, 0.29) is 27.3 Å². The quantitative estimate of drug-likeness (QED) is 0.548. The van der Waals surface area contributed by atoms with E-state index >= 15 is 4.39 Å². The number of rotatable bonds is 5. The van der Waals surface area contributed by atoms with Crippen molar-refractivity contribution in [1.82, 2.24) is 9.88 Å². The van der Waals surface area contributed by atoms with Crippen LogP contribution in [0.4, 0.5) is 10.1 Å². The van der Waals surface area contributed by atoms with Crippen molar-refractivity contribution in [1.29, 1.82) is 0 Å². The topological polar surface area (TPSA) is 91.6 Å². The summed E-state index contributed by atoms with van der Waals surface area (Å²) in [5, 5.41) is 13.1. The van der Waals surface area contributed by atoms with Crippen LogP contribution in [0.3, 0.4) is 0 Å². The van der Waals surface area contributed by atoms with Gasteiger partial charge in [-0.2, -0.15) is 0 Å². The van der Waals surface area contributed by atoms with Crippen molar-refractivity contribution in [3.8, 4) is 0 Å². The van der Waals surface area contributed by atoms with Crippen molar-refractivity contribution >= 4 is 28.3 Å². The molecule has 192 valence electrons. The normalized spacial score (nSPS) is 67.6. The SMILES string of the molecule is O=C(O)c1cn(C2CC2)c2cc(N3CCNCC3C(=O)[C]34[CH]5[CH]6[CH]7[CH]3[Fe]6754389%10[CH]4[CH]3[CH]8[CH]9[CH]4%10)c(F)cc2c1=O. The van der Waals surface area contributed by atoms with Crippen LogP contribution >= 0.6 is 0 Å². The Morgan fingerprint density at radius 1 is 1.05 bits per heavy atom. The molecule has 37 heavy (non-hydrogen) atoms. The fourth-order valence-electron chi connectivity index (χ4n) is 20.7. The molecule has 11 saturated heterocycles. The van der Waals surface area contributed by atoms with E-state index in [1.54, 1.807) is 6.07 Å². The molecule has 12 heterocycles. The number of carbonyl (C=O) groups is 2. The number of hydrogen-bond donors (Lipinski definition) is 2. The van der Waals surface area contributed by atoms with Gasteiger partial charge in [-0.1, -0.05) is 0 Å². The molecule has 5 unspecified atom stereocenters. The maximum absolute atomic E-state index is 15.9. The minimum absolute atomic E-state index is 0.112. The molecule has 1 spiro atoms. The van der Waals surface area contributed by atoms with E-state index in [0.29, 0.717) is 36.6 Å². The fraction of sp³-hybridized carbons (Fsp3) is 0.607. The van der Waals surface area contributed by atoms with Crippen LogP contribution in [-0.2, 0) is 11.3 Å². The van der Waals surface area contributed by atoms with Gasteiger partial charge in [0.05, 0.1) is 0 Å². The Bertz CT molecular complexity index is 2090. The number of carbonyl (C=O) groups excluding carboxylic acids is 1. The van der Waals surface area contributed by atoms with E-state index in [2.05, 4.69) is 5.32 Å². The van der Waals surface area contributed by atoms with Crippen LogP contribution in [0.2, 0.25) is 47.7 Å². The van der Waals surface area contributed by atoms with Crippen LogP contribution in [0, 0.1) is 5.82 Å². The van der Waals surface area contributed by atoms with Gasteiger partial charge in [0.1, 0.15) is 0 Å². The molecular weight excluding hydrogens is 517 g/mol. The number of anilines is 1. The van der Waals surface area contributed by atoms with Gasteiger partial charge in [-0.15, -0.1) is 0 Å². The number of aromatic carboxylic acids is 1. The Balaban J connectivity index is 0.962. The van der Waals surface area contributed by atoms with Gasteiger partial charge in [-0.3, -0.25) is 0 Å². The predicted octanol–water partition coefficient (Wildman–Crippen LogP) is 4.28. The van der Waals surface area contributed by atoms with Crippen molar-refractivity contribution in [2.75, 3.05) is 24.5 Å². The third-order valence-corrected chi connectivity index (χ3v) is 62.5. The summed E-state index contributed by atoms with van der Waals surface area (Å²) >= 11 is 0. The molecule has 1 aromatic heterocycles. The Labute approximate surface area is 200 Å². The molecule has 14 rings (SSSR count). The second-order valence-electron chi connectivity index (χ2n) is 16.6. The van der Waals surface area contributed by atoms with Crippen molar-refractivity contribution in [2.45, 2.75) is 72.6 Å². The first-order valence-electron chi connectivity index (χ1n) is 14.0. The first-order valence-corrected chi connectivity index (χ1v) is 20.3. The summed E-state index contributed by atoms with van der Waals surface area (Å²) in [5.41, 5.74) is 0.0211. The standard InChI is InChI=1S/C23H21FN3O4.C5H5.Fe/c24-17-9-15-18(27(14-5-6-14)12-16(22(15)29)23(30)31)10-19(17)26-8-7-25-11-20(26)21(28)13-3-1-2-4-13;1-2-4-5-3-1;/h1-4,9-10,12,14,20,25H,5-8,11H2,(H,30,31);1-5H;. The van der Waals surface area contributed by atoms with Crippen LogP contribution in [0.5, 0.6) is 0 Å². The van der Waals surface area contributed by atoms with Crippen molar-refractivity contribution < 1.29 is 25.6 Å². The number of ketones is 1. The van der Waals surface area contributed by atoms with Gasteiger partial charge < -0.3 is 0 Å². The Hall–Kier alpha value is -2.22. The summed E-state index contributed by atoms with van der Waals surface area (Å²) in [4.78, 5) is 50.7. The van der Waals surface area contributed by atoms with E-state index in [0.717, 1.165) is 56.2 Å². The Morgan fingerprint density at radius 2 is 1.73 bits per heavy atom. The number of nitrogens with one attached hydrogen (secondary N) is 1. The van der Waals surface area contributed by atoms with Gasteiger partial charge >= 0.3 is 201 Å². The molecule has 5 atom stereocenters. The van der Waals surface area contributed by atoms with Crippen LogP contribution in [0.25, 0.3) is 10.9 Å². The van der Waals surface area contributed by atoms with Crippen LogP contribution in [-0.4, -0.2) is 47.1 Å². The molecule has 1 aliphatic carbocycles. The molecule has 1 saturated carbocycles. The van der Waals surface area contributed by atoms with Crippen molar-refractivity contribution in [2.24, 2.45) is 0 Å². The van der Waals surface area contributed by atoms with Crippen LogP contribution < -0.4 is 15.6 Å². The molecule has 1 aromatic carbocycles. The first kappa shape index (κ1) is 17.4. The van der Waals surface area contributed by atoms with E-state index < -0.39 is 23.7 Å². The monoisotopic (exact) mass is 543 g/mol. The molecule has 12 fully saturated rings. The van der Waals surface area contributed by atoms with Gasteiger partial charge in [0.25, 0.3) is 0 Å². The molecule has 2 aromatic rings. The van der Waals surface area contributed by atoms with Gasteiger partial charge in [0.2, 0.25) is 0 Å². The van der Waals surface area contributed by atoms with Crippen LogP contribution in [0.15, 0.2) is 23.1 Å². The predicted molar refractivity (Wildman–Crippen MR) is 129 cm³/mol. The molecule has 0 bridgehead atoms. The van der Waals surface area contributed by atoms with Crippen molar-refractivity contribution in [3.63, 3.8) is 0 Å². The number of nitrogens with zero attached hydrogens (tertiary/aromatic N) is 2. The molecular formula is C28H26FFeN3O4. The van der Waals surface area contributed by atoms with Crippen LogP contribution in [0.1, 0.15) is 29.2 Å².